The van der Waals surface area contributed by atoms with E-state index in [1.165, 1.54) is 25.0 Å². The molecule has 26 heavy (non-hydrogen) atoms. The summed E-state index contributed by atoms with van der Waals surface area (Å²) in [5.74, 6) is -0.745. The van der Waals surface area contributed by atoms with E-state index in [1.54, 1.807) is 36.4 Å². The summed E-state index contributed by atoms with van der Waals surface area (Å²) in [7, 11) is 1.47. The van der Waals surface area contributed by atoms with E-state index in [4.69, 9.17) is 21.1 Å². The number of carbonyl (C=O) groups excluding carboxylic acids is 2. The molecule has 0 aliphatic carbocycles. The number of halogens is 2. The summed E-state index contributed by atoms with van der Waals surface area (Å²) in [6.07, 6.45) is -0.464. The third kappa shape index (κ3) is 2.08. The maximum absolute atomic E-state index is 16.0. The van der Waals surface area contributed by atoms with Gasteiger partial charge in [0, 0.05) is 16.1 Å². The summed E-state index contributed by atoms with van der Waals surface area (Å²) in [6.45, 7) is 1.41. The Balaban J connectivity index is 1.90. The van der Waals surface area contributed by atoms with Crippen LogP contribution >= 0.6 is 11.6 Å². The number of fused-ring (bicyclic) bond motifs is 3. The molecule has 0 saturated carbocycles. The second-order valence-corrected chi connectivity index (χ2v) is 6.90. The molecule has 2 atom stereocenters. The zero-order valence-corrected chi connectivity index (χ0v) is 14.8. The van der Waals surface area contributed by atoms with Gasteiger partial charge in [0.15, 0.2) is 0 Å². The first kappa shape index (κ1) is 16.8. The Bertz CT molecular complexity index is 932. The molecule has 2 aromatic carbocycles. The van der Waals surface area contributed by atoms with Crippen molar-refractivity contribution in [2.75, 3.05) is 12.0 Å². The predicted octanol–water partition coefficient (Wildman–Crippen LogP) is 3.84. The molecule has 0 unspecified atom stereocenters. The number of amides is 1. The van der Waals surface area contributed by atoms with Crippen LogP contribution in [0.4, 0.5) is 10.1 Å². The van der Waals surface area contributed by atoms with Crippen LogP contribution in [0.3, 0.4) is 0 Å². The number of esters is 1. The Kier molecular flexibility index (Phi) is 3.53. The number of carbonyl (C=O) groups is 2. The molecule has 4 rings (SSSR count). The SMILES string of the molecule is COc1ccc2c(c1)[C@]1(F)CC(=O)O[C@]1(C)N2C(=O)c1ccc(Cl)cc1. The lowest BCUT2D eigenvalue weighted by Gasteiger charge is -2.35. The number of rotatable bonds is 2. The van der Waals surface area contributed by atoms with E-state index in [0.717, 1.165) is 0 Å². The van der Waals surface area contributed by atoms with Crippen molar-refractivity contribution >= 4 is 29.2 Å². The van der Waals surface area contributed by atoms with Gasteiger partial charge in [0.05, 0.1) is 19.2 Å². The third-order valence-electron chi connectivity index (χ3n) is 5.03. The first-order valence-electron chi connectivity index (χ1n) is 7.99. The largest absolute Gasteiger partial charge is 0.497 e. The number of hydrogen-bond donors (Lipinski definition) is 0. The molecule has 2 aliphatic rings. The van der Waals surface area contributed by atoms with Crippen molar-refractivity contribution in [1.82, 2.24) is 0 Å². The highest BCUT2D eigenvalue weighted by molar-refractivity contribution is 6.30. The highest BCUT2D eigenvalue weighted by Gasteiger charge is 2.70. The fraction of sp³-hybridized carbons (Fsp3) is 0.263. The van der Waals surface area contributed by atoms with Gasteiger partial charge in [0.1, 0.15) is 5.75 Å². The number of hydrogen-bond acceptors (Lipinski definition) is 4. The normalized spacial score (nSPS) is 26.3. The van der Waals surface area contributed by atoms with Gasteiger partial charge in [-0.1, -0.05) is 11.6 Å². The Hall–Kier alpha value is -2.60. The Labute approximate surface area is 154 Å². The molecular weight excluding hydrogens is 361 g/mol. The lowest BCUT2D eigenvalue weighted by atomic mass is 9.88. The average Bonchev–Trinajstić information content (AvgIpc) is 2.94. The van der Waals surface area contributed by atoms with Crippen LogP contribution in [-0.2, 0) is 15.2 Å². The zero-order chi connectivity index (χ0) is 18.7. The monoisotopic (exact) mass is 375 g/mol. The number of alkyl halides is 1. The van der Waals surface area contributed by atoms with Gasteiger partial charge in [-0.15, -0.1) is 0 Å². The van der Waals surface area contributed by atoms with Crippen LogP contribution in [0.1, 0.15) is 29.3 Å². The van der Waals surface area contributed by atoms with Crippen LogP contribution in [0, 0.1) is 0 Å². The van der Waals surface area contributed by atoms with Crippen molar-refractivity contribution in [2.45, 2.75) is 24.7 Å². The van der Waals surface area contributed by atoms with E-state index in [0.29, 0.717) is 22.0 Å². The van der Waals surface area contributed by atoms with Gasteiger partial charge in [-0.2, -0.15) is 0 Å². The first-order chi connectivity index (χ1) is 12.3. The van der Waals surface area contributed by atoms with Crippen molar-refractivity contribution in [3.05, 3.63) is 58.6 Å². The molecule has 0 N–H and O–H groups in total. The molecule has 1 fully saturated rings. The topological polar surface area (TPSA) is 55.8 Å². The summed E-state index contributed by atoms with van der Waals surface area (Å²) in [5, 5.41) is 0.478. The maximum Gasteiger partial charge on any atom is 0.311 e. The average molecular weight is 376 g/mol. The molecule has 0 aromatic heterocycles. The van der Waals surface area contributed by atoms with E-state index in [2.05, 4.69) is 0 Å². The van der Waals surface area contributed by atoms with E-state index in [-0.39, 0.29) is 5.56 Å². The van der Waals surface area contributed by atoms with Crippen LogP contribution in [0.25, 0.3) is 0 Å². The second kappa shape index (κ2) is 5.45. The molecular formula is C19H15ClFNO4. The lowest BCUT2D eigenvalue weighted by molar-refractivity contribution is -0.149. The standard InChI is InChI=1S/C19H15ClFNO4/c1-18-19(21,10-16(23)26-18)14-9-13(25-2)7-8-15(14)22(18)17(24)11-3-5-12(20)6-4-11/h3-9H,10H2,1-2H3/t18-,19+/m0/s1. The third-order valence-corrected chi connectivity index (χ3v) is 5.28. The summed E-state index contributed by atoms with van der Waals surface area (Å²) >= 11 is 5.88. The van der Waals surface area contributed by atoms with Crippen molar-refractivity contribution in [3.8, 4) is 5.75 Å². The fourth-order valence-corrected chi connectivity index (χ4v) is 3.80. The van der Waals surface area contributed by atoms with E-state index < -0.39 is 29.7 Å². The maximum atomic E-state index is 16.0. The van der Waals surface area contributed by atoms with E-state index in [9.17, 15) is 9.59 Å². The summed E-state index contributed by atoms with van der Waals surface area (Å²) in [6, 6.07) is 11.0. The van der Waals surface area contributed by atoms with Gasteiger partial charge in [0.2, 0.25) is 11.4 Å². The van der Waals surface area contributed by atoms with Gasteiger partial charge in [-0.25, -0.2) is 4.39 Å². The molecule has 0 radical (unpaired) electrons. The number of ether oxygens (including phenoxy) is 2. The van der Waals surface area contributed by atoms with Crippen LogP contribution < -0.4 is 9.64 Å². The molecule has 0 bridgehead atoms. The second-order valence-electron chi connectivity index (χ2n) is 6.47. The molecule has 2 aliphatic heterocycles. The van der Waals surface area contributed by atoms with Crippen LogP contribution in [0.15, 0.2) is 42.5 Å². The van der Waals surface area contributed by atoms with Gasteiger partial charge < -0.3 is 9.47 Å². The summed E-state index contributed by atoms with van der Waals surface area (Å²) < 4.78 is 26.5. The quantitative estimate of drug-likeness (QED) is 0.748. The van der Waals surface area contributed by atoms with Gasteiger partial charge in [-0.05, 0) is 49.4 Å². The Morgan fingerprint density at radius 3 is 2.62 bits per heavy atom. The molecule has 1 amide bonds. The minimum atomic E-state index is -2.16. The van der Waals surface area contributed by atoms with E-state index >= 15 is 4.39 Å². The number of anilines is 1. The van der Waals surface area contributed by atoms with Crippen LogP contribution in [-0.4, -0.2) is 24.7 Å². The molecule has 0 spiro atoms. The predicted molar refractivity (Wildman–Crippen MR) is 93.2 cm³/mol. The van der Waals surface area contributed by atoms with Crippen molar-refractivity contribution in [2.24, 2.45) is 0 Å². The van der Waals surface area contributed by atoms with Crippen LogP contribution in [0.2, 0.25) is 5.02 Å². The van der Waals surface area contributed by atoms with Crippen molar-refractivity contribution in [3.63, 3.8) is 0 Å². The number of benzene rings is 2. The zero-order valence-electron chi connectivity index (χ0n) is 14.1. The molecule has 1 saturated heterocycles. The summed E-state index contributed by atoms with van der Waals surface area (Å²) in [5.41, 5.74) is -3.06. The van der Waals surface area contributed by atoms with Gasteiger partial charge >= 0.3 is 5.97 Å². The lowest BCUT2D eigenvalue weighted by Crippen LogP contribution is -2.54. The smallest absolute Gasteiger partial charge is 0.311 e. The van der Waals surface area contributed by atoms with Gasteiger partial charge in [0.25, 0.3) is 5.91 Å². The van der Waals surface area contributed by atoms with E-state index in [1.807, 2.05) is 0 Å². The number of nitrogens with zero attached hydrogens (tertiary/aromatic N) is 1. The molecule has 7 heteroatoms. The molecule has 134 valence electrons. The first-order valence-corrected chi connectivity index (χ1v) is 8.37. The minimum absolute atomic E-state index is 0.201. The highest BCUT2D eigenvalue weighted by Crippen LogP contribution is 2.59. The Morgan fingerprint density at radius 1 is 1.27 bits per heavy atom. The highest BCUT2D eigenvalue weighted by atomic mass is 35.5. The molecule has 5 nitrogen and oxygen atoms in total. The Morgan fingerprint density at radius 2 is 1.96 bits per heavy atom. The minimum Gasteiger partial charge on any atom is -0.497 e. The van der Waals surface area contributed by atoms with Crippen molar-refractivity contribution < 1.29 is 23.5 Å². The van der Waals surface area contributed by atoms with Crippen molar-refractivity contribution in [1.29, 1.82) is 0 Å². The molecule has 2 aromatic rings. The summed E-state index contributed by atoms with van der Waals surface area (Å²) in [4.78, 5) is 26.3. The van der Waals surface area contributed by atoms with Crippen LogP contribution in [0.5, 0.6) is 5.75 Å². The fourth-order valence-electron chi connectivity index (χ4n) is 3.68. The van der Waals surface area contributed by atoms with Gasteiger partial charge in [-0.3, -0.25) is 14.5 Å². The molecule has 2 heterocycles. The number of methoxy groups -OCH3 is 1.